The minimum Gasteiger partial charge on any atom is -0.491 e. The standard InChI is InChI=1S/C25H26N8O3.C2H4O2/c1-3-16-13-18(15-20(14-16)36-12-11-35-2)21(30-19-7-5-17(6-8-19)22(26)27)23-31-25(34)33(32-23)24-28-9-4-10-29-24;1-2(3)4/h3-10,13-15,21,30H,1,11-12H2,2H3,(H3,26,27)(H,31,32,34);1H3,(H,3,4)/t21-;/m0./s1. The van der Waals surface area contributed by atoms with E-state index in [1.54, 1.807) is 43.5 Å². The molecule has 0 fully saturated rings. The van der Waals surface area contributed by atoms with Gasteiger partial charge in [0.25, 0.3) is 11.9 Å². The Labute approximate surface area is 229 Å². The van der Waals surface area contributed by atoms with Crippen LogP contribution in [0.2, 0.25) is 0 Å². The van der Waals surface area contributed by atoms with Gasteiger partial charge in [0.1, 0.15) is 24.2 Å². The summed E-state index contributed by atoms with van der Waals surface area (Å²) in [5.74, 6) is 0.247. The van der Waals surface area contributed by atoms with Crippen LogP contribution in [-0.4, -0.2) is 62.0 Å². The normalized spacial score (nSPS) is 11.1. The van der Waals surface area contributed by atoms with Gasteiger partial charge in [0, 0.05) is 37.7 Å². The average Bonchev–Trinajstić information content (AvgIpc) is 3.33. The van der Waals surface area contributed by atoms with E-state index in [-0.39, 0.29) is 11.8 Å². The number of carboxylic acid groups (broad SMARTS) is 1. The summed E-state index contributed by atoms with van der Waals surface area (Å²) in [5, 5.41) is 22.9. The molecule has 0 aliphatic heterocycles. The van der Waals surface area contributed by atoms with Crippen LogP contribution in [0.5, 0.6) is 5.75 Å². The van der Waals surface area contributed by atoms with Gasteiger partial charge >= 0.3 is 5.69 Å². The van der Waals surface area contributed by atoms with E-state index >= 15 is 0 Å². The van der Waals surface area contributed by atoms with Gasteiger partial charge in [-0.1, -0.05) is 12.7 Å². The van der Waals surface area contributed by atoms with Crippen molar-refractivity contribution in [1.82, 2.24) is 24.7 Å². The molecule has 2 aromatic carbocycles. The minimum atomic E-state index is -0.833. The van der Waals surface area contributed by atoms with Gasteiger partial charge in [-0.2, -0.15) is 0 Å². The number of nitrogen functional groups attached to an aromatic ring is 1. The van der Waals surface area contributed by atoms with Gasteiger partial charge in [-0.25, -0.2) is 14.8 Å². The van der Waals surface area contributed by atoms with Crippen molar-refractivity contribution in [3.63, 3.8) is 0 Å². The van der Waals surface area contributed by atoms with E-state index in [0.29, 0.717) is 30.4 Å². The SMILES string of the molecule is C=Cc1cc(OCCOC)cc([C@H](Nc2ccc(C(=N)N)cc2)c2nn(-c3ncccn3)c(=O)[nH]2)c1.CC(=O)O. The molecule has 208 valence electrons. The van der Waals surface area contributed by atoms with Gasteiger partial charge < -0.3 is 25.6 Å². The van der Waals surface area contributed by atoms with Crippen molar-refractivity contribution >= 4 is 23.6 Å². The van der Waals surface area contributed by atoms with E-state index < -0.39 is 17.7 Å². The highest BCUT2D eigenvalue weighted by Crippen LogP contribution is 2.29. The summed E-state index contributed by atoms with van der Waals surface area (Å²) in [5.41, 5.74) is 8.02. The number of anilines is 1. The van der Waals surface area contributed by atoms with Gasteiger partial charge in [0.05, 0.1) is 6.61 Å². The molecule has 0 aliphatic carbocycles. The highest BCUT2D eigenvalue weighted by atomic mass is 16.5. The summed E-state index contributed by atoms with van der Waals surface area (Å²) in [7, 11) is 1.61. The molecule has 4 rings (SSSR count). The Morgan fingerprint density at radius 1 is 1.23 bits per heavy atom. The Morgan fingerprint density at radius 2 is 1.90 bits per heavy atom. The number of nitrogens with zero attached hydrogens (tertiary/aromatic N) is 4. The first-order valence-electron chi connectivity index (χ1n) is 12.0. The maximum Gasteiger partial charge on any atom is 0.350 e. The lowest BCUT2D eigenvalue weighted by Gasteiger charge is -2.20. The molecule has 2 heterocycles. The summed E-state index contributed by atoms with van der Waals surface area (Å²) in [6.07, 6.45) is 4.78. The van der Waals surface area contributed by atoms with Gasteiger partial charge in [-0.3, -0.25) is 15.2 Å². The van der Waals surface area contributed by atoms with Gasteiger partial charge in [0.2, 0.25) is 0 Å². The molecule has 6 N–H and O–H groups in total. The van der Waals surface area contributed by atoms with Crippen LogP contribution in [0.15, 0.2) is 72.3 Å². The predicted molar refractivity (Wildman–Crippen MR) is 150 cm³/mol. The molecule has 0 saturated heterocycles. The van der Waals surface area contributed by atoms with Crippen LogP contribution in [-0.2, 0) is 9.53 Å². The molecule has 0 aliphatic rings. The van der Waals surface area contributed by atoms with Crippen molar-refractivity contribution in [2.75, 3.05) is 25.6 Å². The second-order valence-electron chi connectivity index (χ2n) is 8.24. The monoisotopic (exact) mass is 546 g/mol. The molecule has 4 aromatic rings. The Morgan fingerprint density at radius 3 is 2.50 bits per heavy atom. The summed E-state index contributed by atoms with van der Waals surface area (Å²) < 4.78 is 12.0. The third-order valence-electron chi connectivity index (χ3n) is 5.23. The van der Waals surface area contributed by atoms with Crippen molar-refractivity contribution in [2.45, 2.75) is 13.0 Å². The number of carbonyl (C=O) groups is 1. The molecule has 0 bridgehead atoms. The van der Waals surface area contributed by atoms with E-state index in [2.05, 4.69) is 31.9 Å². The number of rotatable bonds is 11. The topological polar surface area (TPSA) is 194 Å². The summed E-state index contributed by atoms with van der Waals surface area (Å²) >= 11 is 0. The fourth-order valence-electron chi connectivity index (χ4n) is 3.49. The third kappa shape index (κ3) is 8.10. The minimum absolute atomic E-state index is 0.0273. The highest BCUT2D eigenvalue weighted by Gasteiger charge is 2.22. The van der Waals surface area contributed by atoms with E-state index in [4.69, 9.17) is 30.5 Å². The van der Waals surface area contributed by atoms with Crippen molar-refractivity contribution in [1.29, 1.82) is 5.41 Å². The highest BCUT2D eigenvalue weighted by molar-refractivity contribution is 5.95. The second-order valence-corrected chi connectivity index (χ2v) is 8.24. The van der Waals surface area contributed by atoms with Crippen LogP contribution in [0.1, 0.15) is 35.5 Å². The number of aliphatic carboxylic acids is 1. The van der Waals surface area contributed by atoms with E-state index in [9.17, 15) is 4.79 Å². The van der Waals surface area contributed by atoms with Crippen LogP contribution in [0.3, 0.4) is 0 Å². The molecule has 13 heteroatoms. The number of H-pyrrole nitrogens is 1. The second kappa shape index (κ2) is 14.0. The van der Waals surface area contributed by atoms with Crippen LogP contribution >= 0.6 is 0 Å². The molecule has 13 nitrogen and oxygen atoms in total. The molecular weight excluding hydrogens is 516 g/mol. The number of nitrogens with two attached hydrogens (primary N) is 1. The zero-order chi connectivity index (χ0) is 29.1. The van der Waals surface area contributed by atoms with Crippen molar-refractivity contribution in [2.24, 2.45) is 5.73 Å². The van der Waals surface area contributed by atoms with Crippen molar-refractivity contribution in [3.8, 4) is 11.7 Å². The predicted octanol–water partition coefficient (Wildman–Crippen LogP) is 2.60. The van der Waals surface area contributed by atoms with Gasteiger partial charge in [-0.15, -0.1) is 9.78 Å². The summed E-state index contributed by atoms with van der Waals surface area (Å²) in [4.78, 5) is 32.8. The Bertz CT molecular complexity index is 1500. The third-order valence-corrected chi connectivity index (χ3v) is 5.23. The van der Waals surface area contributed by atoms with E-state index in [1.165, 1.54) is 12.4 Å². The maximum atomic E-state index is 12.8. The van der Waals surface area contributed by atoms with Crippen LogP contribution in [0.25, 0.3) is 12.0 Å². The maximum absolute atomic E-state index is 12.8. The molecule has 0 unspecified atom stereocenters. The Balaban J connectivity index is 0.00000103. The molecule has 0 spiro atoms. The molecular formula is C27H30N8O5. The Kier molecular flexibility index (Phi) is 10.3. The first kappa shape index (κ1) is 29.3. The first-order valence-corrected chi connectivity index (χ1v) is 12.0. The molecule has 0 radical (unpaired) electrons. The van der Waals surface area contributed by atoms with Crippen LogP contribution in [0, 0.1) is 5.41 Å². The smallest absolute Gasteiger partial charge is 0.350 e. The molecule has 40 heavy (non-hydrogen) atoms. The lowest BCUT2D eigenvalue weighted by molar-refractivity contribution is -0.134. The number of ether oxygens (including phenoxy) is 2. The lowest BCUT2D eigenvalue weighted by atomic mass is 10.0. The Hall–Kier alpha value is -5.30. The molecule has 2 aromatic heterocycles. The fraction of sp³-hybridized carbons (Fsp3) is 0.185. The zero-order valence-corrected chi connectivity index (χ0v) is 22.0. The molecule has 1 atom stereocenters. The number of aromatic amines is 1. The number of methoxy groups -OCH3 is 1. The van der Waals surface area contributed by atoms with Gasteiger partial charge in [-0.05, 0) is 59.7 Å². The molecule has 0 amide bonds. The van der Waals surface area contributed by atoms with Crippen LogP contribution < -0.4 is 21.5 Å². The fourth-order valence-corrected chi connectivity index (χ4v) is 3.49. The van der Waals surface area contributed by atoms with Crippen molar-refractivity contribution in [3.05, 3.63) is 101 Å². The van der Waals surface area contributed by atoms with E-state index in [0.717, 1.165) is 28.4 Å². The number of nitrogens with one attached hydrogen (secondary N) is 3. The summed E-state index contributed by atoms with van der Waals surface area (Å²) in [6, 6.07) is 13.8. The number of carboxylic acids is 1. The van der Waals surface area contributed by atoms with Gasteiger partial charge in [0.15, 0.2) is 5.82 Å². The number of aromatic nitrogens is 5. The summed E-state index contributed by atoms with van der Waals surface area (Å²) in [6.45, 7) is 5.78. The number of hydrogen-bond acceptors (Lipinski definition) is 9. The van der Waals surface area contributed by atoms with Crippen molar-refractivity contribution < 1.29 is 19.4 Å². The average molecular weight is 547 g/mol. The molecule has 0 saturated carbocycles. The largest absolute Gasteiger partial charge is 0.491 e. The first-order chi connectivity index (χ1) is 19.2. The van der Waals surface area contributed by atoms with E-state index in [1.807, 2.05) is 18.2 Å². The lowest BCUT2D eigenvalue weighted by Crippen LogP contribution is -2.18. The number of hydrogen-bond donors (Lipinski definition) is 5. The quantitative estimate of drug-likeness (QED) is 0.106. The zero-order valence-electron chi connectivity index (χ0n) is 22.0. The van der Waals surface area contributed by atoms with Crippen LogP contribution in [0.4, 0.5) is 5.69 Å². The number of amidine groups is 1. The number of benzene rings is 2.